The minimum atomic E-state index is -2.77. The highest BCUT2D eigenvalue weighted by atomic mass is 35.5. The van der Waals surface area contributed by atoms with Crippen LogP contribution in [0.5, 0.6) is 0 Å². The lowest BCUT2D eigenvalue weighted by molar-refractivity contribution is 0.0518. The van der Waals surface area contributed by atoms with Crippen molar-refractivity contribution in [3.63, 3.8) is 0 Å². The molecule has 7 heteroatoms. The monoisotopic (exact) mass is 283 g/mol. The lowest BCUT2D eigenvalue weighted by atomic mass is 10.1. The molecule has 17 heavy (non-hydrogen) atoms. The van der Waals surface area contributed by atoms with Gasteiger partial charge in [-0.2, -0.15) is 0 Å². The number of halogens is 4. The summed E-state index contributed by atoms with van der Waals surface area (Å²) in [6.07, 6.45) is -1.91. The maximum Gasteiger partial charge on any atom is 0.357 e. The van der Waals surface area contributed by atoms with Gasteiger partial charge in [0.05, 0.1) is 23.1 Å². The number of esters is 1. The number of hydrogen-bond donors (Lipinski definition) is 0. The van der Waals surface area contributed by atoms with E-state index in [1.807, 2.05) is 0 Å². The van der Waals surface area contributed by atoms with Gasteiger partial charge in [-0.1, -0.05) is 11.6 Å². The molecule has 0 aliphatic rings. The van der Waals surface area contributed by atoms with Gasteiger partial charge in [0, 0.05) is 11.8 Å². The van der Waals surface area contributed by atoms with Crippen molar-refractivity contribution in [1.29, 1.82) is 0 Å². The summed E-state index contributed by atoms with van der Waals surface area (Å²) < 4.78 is 29.8. The van der Waals surface area contributed by atoms with Crippen LogP contribution in [-0.4, -0.2) is 17.6 Å². The molecule has 0 fully saturated rings. The van der Waals surface area contributed by atoms with E-state index in [4.69, 9.17) is 27.9 Å². The highest BCUT2D eigenvalue weighted by Crippen LogP contribution is 2.31. The molecule has 1 heterocycles. The Kier molecular flexibility index (Phi) is 5.08. The van der Waals surface area contributed by atoms with Crippen LogP contribution in [0.4, 0.5) is 8.78 Å². The summed E-state index contributed by atoms with van der Waals surface area (Å²) in [6.45, 7) is 1.77. The second-order valence-corrected chi connectivity index (χ2v) is 3.65. The molecule has 0 radical (unpaired) electrons. The van der Waals surface area contributed by atoms with Gasteiger partial charge in [0.25, 0.3) is 6.43 Å². The number of carbonyl (C=O) groups excluding carboxylic acids is 1. The Balaban J connectivity index is 3.25. The molecule has 0 saturated heterocycles. The topological polar surface area (TPSA) is 39.2 Å². The fourth-order valence-corrected chi connectivity index (χ4v) is 1.81. The van der Waals surface area contributed by atoms with Crippen LogP contribution in [0.1, 0.15) is 35.0 Å². The summed E-state index contributed by atoms with van der Waals surface area (Å²) in [6, 6.07) is 0. The maximum absolute atomic E-state index is 12.5. The van der Waals surface area contributed by atoms with Crippen molar-refractivity contribution in [3.8, 4) is 0 Å². The first kappa shape index (κ1) is 14.1. The fourth-order valence-electron chi connectivity index (χ4n) is 1.20. The zero-order chi connectivity index (χ0) is 13.0. The summed E-state index contributed by atoms with van der Waals surface area (Å²) in [5.41, 5.74) is -0.517. The lowest BCUT2D eigenvalue weighted by Crippen LogP contribution is -2.11. The molecule has 0 aromatic carbocycles. The highest BCUT2D eigenvalue weighted by molar-refractivity contribution is 6.33. The Labute approximate surface area is 107 Å². The quantitative estimate of drug-likeness (QED) is 0.626. The normalized spacial score (nSPS) is 10.7. The Bertz CT molecular complexity index is 427. The predicted octanol–water partition coefficient (Wildman–Crippen LogP) is 3.59. The number of rotatable bonds is 4. The molecule has 0 bridgehead atoms. The Hall–Kier alpha value is -0.940. The first-order valence-corrected chi connectivity index (χ1v) is 5.62. The molecule has 0 aliphatic heterocycles. The van der Waals surface area contributed by atoms with E-state index >= 15 is 0 Å². The lowest BCUT2D eigenvalue weighted by Gasteiger charge is -2.10. The Morgan fingerprint density at radius 3 is 2.71 bits per heavy atom. The van der Waals surface area contributed by atoms with Crippen LogP contribution in [0.25, 0.3) is 0 Å². The van der Waals surface area contributed by atoms with E-state index in [9.17, 15) is 13.6 Å². The highest BCUT2D eigenvalue weighted by Gasteiger charge is 2.22. The number of nitrogens with zero attached hydrogens (tertiary/aromatic N) is 1. The molecular weight excluding hydrogens is 275 g/mol. The second kappa shape index (κ2) is 6.12. The Morgan fingerprint density at radius 1 is 1.59 bits per heavy atom. The summed E-state index contributed by atoms with van der Waals surface area (Å²) in [4.78, 5) is 15.1. The molecule has 0 aliphatic carbocycles. The first-order chi connectivity index (χ1) is 8.02. The first-order valence-electron chi connectivity index (χ1n) is 4.71. The van der Waals surface area contributed by atoms with E-state index in [0.717, 1.165) is 6.20 Å². The number of carbonyl (C=O) groups is 1. The van der Waals surface area contributed by atoms with E-state index in [0.29, 0.717) is 0 Å². The average Bonchev–Trinajstić information content (AvgIpc) is 2.28. The van der Waals surface area contributed by atoms with Gasteiger partial charge in [-0.25, -0.2) is 18.6 Å². The summed E-state index contributed by atoms with van der Waals surface area (Å²) in [5.74, 6) is -0.925. The van der Waals surface area contributed by atoms with Gasteiger partial charge in [0.2, 0.25) is 0 Å². The van der Waals surface area contributed by atoms with Crippen LogP contribution >= 0.6 is 23.2 Å². The van der Waals surface area contributed by atoms with E-state index in [1.54, 1.807) is 6.92 Å². The van der Waals surface area contributed by atoms with E-state index in [1.165, 1.54) is 0 Å². The third kappa shape index (κ3) is 3.04. The number of pyridine rings is 1. The zero-order valence-electron chi connectivity index (χ0n) is 8.84. The van der Waals surface area contributed by atoms with Crippen LogP contribution in [0.3, 0.4) is 0 Å². The SMILES string of the molecule is CCOC(=O)c1ncc(C(F)F)c(Cl)c1CCl. The molecule has 94 valence electrons. The van der Waals surface area contributed by atoms with E-state index in [-0.39, 0.29) is 28.8 Å². The molecule has 0 saturated carbocycles. The third-order valence-electron chi connectivity index (χ3n) is 1.97. The molecule has 0 spiro atoms. The van der Waals surface area contributed by atoms with Gasteiger partial charge in [-0.15, -0.1) is 11.6 Å². The molecule has 0 unspecified atom stereocenters. The number of aromatic nitrogens is 1. The van der Waals surface area contributed by atoms with Crippen molar-refractivity contribution in [2.45, 2.75) is 19.2 Å². The van der Waals surface area contributed by atoms with Crippen molar-refractivity contribution in [1.82, 2.24) is 4.98 Å². The van der Waals surface area contributed by atoms with Crippen molar-refractivity contribution >= 4 is 29.2 Å². The van der Waals surface area contributed by atoms with Gasteiger partial charge < -0.3 is 4.74 Å². The third-order valence-corrected chi connectivity index (χ3v) is 2.69. The molecule has 1 rings (SSSR count). The van der Waals surface area contributed by atoms with Gasteiger partial charge in [0.1, 0.15) is 0 Å². The van der Waals surface area contributed by atoms with Gasteiger partial charge >= 0.3 is 5.97 Å². The summed E-state index contributed by atoms with van der Waals surface area (Å²) in [7, 11) is 0. The van der Waals surface area contributed by atoms with Crippen molar-refractivity contribution in [3.05, 3.63) is 28.0 Å². The zero-order valence-corrected chi connectivity index (χ0v) is 10.4. The molecular formula is C10H9Cl2F2NO2. The van der Waals surface area contributed by atoms with Crippen molar-refractivity contribution < 1.29 is 18.3 Å². The van der Waals surface area contributed by atoms with Gasteiger partial charge in [-0.3, -0.25) is 0 Å². The van der Waals surface area contributed by atoms with E-state index in [2.05, 4.69) is 4.98 Å². The number of hydrogen-bond acceptors (Lipinski definition) is 3. The van der Waals surface area contributed by atoms with Crippen molar-refractivity contribution in [2.24, 2.45) is 0 Å². The molecule has 1 aromatic rings. The molecule has 3 nitrogen and oxygen atoms in total. The summed E-state index contributed by atoms with van der Waals surface area (Å²) in [5, 5.41) is -0.243. The van der Waals surface area contributed by atoms with Crippen LogP contribution in [0.2, 0.25) is 5.02 Å². The molecule has 1 aromatic heterocycles. The van der Waals surface area contributed by atoms with Crippen LogP contribution < -0.4 is 0 Å². The second-order valence-electron chi connectivity index (χ2n) is 3.01. The standard InChI is InChI=1S/C10H9Cl2F2NO2/c1-2-17-10(16)8-5(3-11)7(12)6(4-15-8)9(13)14/h4,9H,2-3H2,1H3. The molecule has 0 atom stereocenters. The minimum Gasteiger partial charge on any atom is -0.461 e. The smallest absolute Gasteiger partial charge is 0.357 e. The van der Waals surface area contributed by atoms with Crippen LogP contribution in [-0.2, 0) is 10.6 Å². The summed E-state index contributed by atoms with van der Waals surface area (Å²) >= 11 is 11.3. The minimum absolute atomic E-state index is 0.0598. The molecule has 0 N–H and O–H groups in total. The van der Waals surface area contributed by atoms with Crippen molar-refractivity contribution in [2.75, 3.05) is 6.61 Å². The van der Waals surface area contributed by atoms with Gasteiger partial charge in [0.15, 0.2) is 5.69 Å². The average molecular weight is 284 g/mol. The maximum atomic E-state index is 12.5. The number of ether oxygens (including phenoxy) is 1. The Morgan fingerprint density at radius 2 is 2.24 bits per heavy atom. The largest absolute Gasteiger partial charge is 0.461 e. The van der Waals surface area contributed by atoms with Gasteiger partial charge in [-0.05, 0) is 6.92 Å². The van der Waals surface area contributed by atoms with Crippen LogP contribution in [0.15, 0.2) is 6.20 Å². The van der Waals surface area contributed by atoms with E-state index < -0.39 is 18.0 Å². The predicted molar refractivity (Wildman–Crippen MR) is 59.7 cm³/mol. The van der Waals surface area contributed by atoms with Crippen LogP contribution in [0, 0.1) is 0 Å². The molecule has 0 amide bonds. The number of alkyl halides is 3. The fraction of sp³-hybridized carbons (Fsp3) is 0.400.